The molecule has 0 aliphatic carbocycles. The van der Waals surface area contributed by atoms with Crippen molar-refractivity contribution >= 4 is 11.9 Å². The average Bonchev–Trinajstić information content (AvgIpc) is 3.49. The maximum Gasteiger partial charge on any atom is 0.255 e. The summed E-state index contributed by atoms with van der Waals surface area (Å²) in [6.07, 6.45) is 4.61. The molecule has 9 heteroatoms. The normalized spacial score (nSPS) is 18.3. The largest absolute Gasteiger partial charge is 0.468 e. The fraction of sp³-hybridized carbons (Fsp3) is 0.591. The lowest BCUT2D eigenvalue weighted by atomic mass is 10.1. The summed E-state index contributed by atoms with van der Waals surface area (Å²) >= 11 is 0. The van der Waals surface area contributed by atoms with Gasteiger partial charge in [-0.25, -0.2) is 4.98 Å². The first-order chi connectivity index (χ1) is 15.1. The predicted octanol–water partition coefficient (Wildman–Crippen LogP) is 1.39. The van der Waals surface area contributed by atoms with E-state index in [1.165, 1.54) is 12.8 Å². The highest BCUT2D eigenvalue weighted by Gasteiger charge is 2.26. The van der Waals surface area contributed by atoms with Crippen molar-refractivity contribution in [3.63, 3.8) is 0 Å². The molecule has 0 saturated carbocycles. The van der Waals surface area contributed by atoms with Crippen LogP contribution in [0.3, 0.4) is 0 Å². The second kappa shape index (κ2) is 10.1. The molecule has 4 heterocycles. The van der Waals surface area contributed by atoms with Crippen molar-refractivity contribution in [3.05, 3.63) is 45.8 Å². The molecule has 1 atom stereocenters. The number of aromatic amines is 1. The Labute approximate surface area is 181 Å². The van der Waals surface area contributed by atoms with E-state index in [-0.39, 0.29) is 23.9 Å². The van der Waals surface area contributed by atoms with E-state index in [0.717, 1.165) is 18.8 Å². The van der Waals surface area contributed by atoms with Gasteiger partial charge in [-0.05, 0) is 51.4 Å². The lowest BCUT2D eigenvalue weighted by molar-refractivity contribution is -0.121. The van der Waals surface area contributed by atoms with Gasteiger partial charge in [0.2, 0.25) is 11.9 Å². The average molecular weight is 430 g/mol. The van der Waals surface area contributed by atoms with Gasteiger partial charge in [0.1, 0.15) is 5.76 Å². The van der Waals surface area contributed by atoms with Gasteiger partial charge in [0.05, 0.1) is 25.5 Å². The van der Waals surface area contributed by atoms with Crippen LogP contribution >= 0.6 is 0 Å². The molecule has 4 rings (SSSR count). The Morgan fingerprint density at radius 2 is 2.03 bits per heavy atom. The summed E-state index contributed by atoms with van der Waals surface area (Å²) in [5.41, 5.74) is 1.06. The Bertz CT molecular complexity index is 914. The van der Waals surface area contributed by atoms with Crippen LogP contribution in [0.1, 0.15) is 42.3 Å². The lowest BCUT2D eigenvalue weighted by Gasteiger charge is -2.27. The first-order valence-electron chi connectivity index (χ1n) is 11.1. The number of morpholine rings is 1. The summed E-state index contributed by atoms with van der Waals surface area (Å²) in [5.74, 6) is 1.37. The van der Waals surface area contributed by atoms with Crippen LogP contribution < -0.4 is 15.8 Å². The maximum atomic E-state index is 12.6. The summed E-state index contributed by atoms with van der Waals surface area (Å²) in [7, 11) is 0. The fourth-order valence-corrected chi connectivity index (χ4v) is 4.30. The number of hydrogen-bond acceptors (Lipinski definition) is 7. The standard InChI is InChI=1S/C22H31N5O4/c1-16-17(21(29)25-22(24-16)27-10-13-30-14-11-27)6-7-20(28)23-15-18(19-5-4-12-31-19)26-8-2-3-9-26/h4-5,12,18H,2-3,6-11,13-15H2,1H3,(H,23,28)(H,24,25,29). The number of anilines is 1. The van der Waals surface area contributed by atoms with Gasteiger partial charge >= 0.3 is 0 Å². The first-order valence-corrected chi connectivity index (χ1v) is 11.1. The van der Waals surface area contributed by atoms with Crippen molar-refractivity contribution in [1.82, 2.24) is 20.2 Å². The topological polar surface area (TPSA) is 104 Å². The zero-order valence-corrected chi connectivity index (χ0v) is 18.1. The molecule has 2 N–H and O–H groups in total. The number of carbonyl (C=O) groups is 1. The third-order valence-electron chi connectivity index (χ3n) is 6.07. The molecule has 31 heavy (non-hydrogen) atoms. The molecule has 2 fully saturated rings. The number of nitrogens with one attached hydrogen (secondary N) is 2. The predicted molar refractivity (Wildman–Crippen MR) is 116 cm³/mol. The molecule has 9 nitrogen and oxygen atoms in total. The zero-order chi connectivity index (χ0) is 21.6. The summed E-state index contributed by atoms with van der Waals surface area (Å²) in [4.78, 5) is 36.9. The van der Waals surface area contributed by atoms with Gasteiger partial charge < -0.3 is 19.4 Å². The third-order valence-corrected chi connectivity index (χ3v) is 6.07. The van der Waals surface area contributed by atoms with Crippen molar-refractivity contribution < 1.29 is 13.9 Å². The summed E-state index contributed by atoms with van der Waals surface area (Å²) in [6.45, 7) is 7.01. The van der Waals surface area contributed by atoms with Gasteiger partial charge in [-0.3, -0.25) is 19.5 Å². The SMILES string of the molecule is Cc1nc(N2CCOCC2)[nH]c(=O)c1CCC(=O)NCC(c1ccco1)N1CCCC1. The first kappa shape index (κ1) is 21.6. The number of H-pyrrole nitrogens is 1. The van der Waals surface area contributed by atoms with E-state index in [4.69, 9.17) is 9.15 Å². The Hall–Kier alpha value is -2.65. The molecular formula is C22H31N5O4. The molecule has 0 spiro atoms. The van der Waals surface area contributed by atoms with Crippen LogP contribution in [0, 0.1) is 6.92 Å². The second-order valence-corrected chi connectivity index (χ2v) is 8.13. The summed E-state index contributed by atoms with van der Waals surface area (Å²) < 4.78 is 11.0. The molecular weight excluding hydrogens is 398 g/mol. The Morgan fingerprint density at radius 3 is 2.71 bits per heavy atom. The van der Waals surface area contributed by atoms with E-state index in [1.807, 2.05) is 24.0 Å². The molecule has 2 aromatic rings. The molecule has 1 unspecified atom stereocenters. The van der Waals surface area contributed by atoms with Gasteiger partial charge in [-0.2, -0.15) is 0 Å². The molecule has 2 aliphatic rings. The van der Waals surface area contributed by atoms with Crippen molar-refractivity contribution in [2.45, 2.75) is 38.6 Å². The highest BCUT2D eigenvalue weighted by molar-refractivity contribution is 5.76. The van der Waals surface area contributed by atoms with Crippen LogP contribution in [-0.2, 0) is 16.0 Å². The van der Waals surface area contributed by atoms with Gasteiger partial charge in [-0.1, -0.05) is 0 Å². The number of ether oxygens (including phenoxy) is 1. The van der Waals surface area contributed by atoms with Crippen LogP contribution in [0.5, 0.6) is 0 Å². The monoisotopic (exact) mass is 429 g/mol. The molecule has 2 saturated heterocycles. The molecule has 2 aromatic heterocycles. The summed E-state index contributed by atoms with van der Waals surface area (Å²) in [6, 6.07) is 3.88. The minimum Gasteiger partial charge on any atom is -0.468 e. The number of amides is 1. The maximum absolute atomic E-state index is 12.6. The lowest BCUT2D eigenvalue weighted by Crippen LogP contribution is -2.39. The minimum atomic E-state index is -0.174. The van der Waals surface area contributed by atoms with E-state index >= 15 is 0 Å². The van der Waals surface area contributed by atoms with E-state index in [1.54, 1.807) is 6.26 Å². The smallest absolute Gasteiger partial charge is 0.255 e. The van der Waals surface area contributed by atoms with Gasteiger partial charge in [-0.15, -0.1) is 0 Å². The fourth-order valence-electron chi connectivity index (χ4n) is 4.30. The van der Waals surface area contributed by atoms with E-state index in [0.29, 0.717) is 56.5 Å². The summed E-state index contributed by atoms with van der Waals surface area (Å²) in [5, 5.41) is 3.02. The van der Waals surface area contributed by atoms with Crippen molar-refractivity contribution in [2.75, 3.05) is 50.8 Å². The second-order valence-electron chi connectivity index (χ2n) is 8.13. The zero-order valence-electron chi connectivity index (χ0n) is 18.1. The Kier molecular flexibility index (Phi) is 7.03. The van der Waals surface area contributed by atoms with E-state index in [9.17, 15) is 9.59 Å². The molecule has 0 aromatic carbocycles. The van der Waals surface area contributed by atoms with E-state index < -0.39 is 0 Å². The van der Waals surface area contributed by atoms with E-state index in [2.05, 4.69) is 20.2 Å². The molecule has 0 radical (unpaired) electrons. The van der Waals surface area contributed by atoms with Gasteiger partial charge in [0.25, 0.3) is 5.56 Å². The van der Waals surface area contributed by atoms with Gasteiger partial charge in [0.15, 0.2) is 0 Å². The number of rotatable bonds is 8. The van der Waals surface area contributed by atoms with Crippen LogP contribution in [0.4, 0.5) is 5.95 Å². The number of hydrogen-bond donors (Lipinski definition) is 2. The number of aryl methyl sites for hydroxylation is 1. The van der Waals surface area contributed by atoms with Crippen LogP contribution in [0.25, 0.3) is 0 Å². The molecule has 1 amide bonds. The highest BCUT2D eigenvalue weighted by atomic mass is 16.5. The Balaban J connectivity index is 1.33. The van der Waals surface area contributed by atoms with Crippen molar-refractivity contribution in [3.8, 4) is 0 Å². The molecule has 2 aliphatic heterocycles. The number of furan rings is 1. The van der Waals surface area contributed by atoms with Crippen molar-refractivity contribution in [1.29, 1.82) is 0 Å². The van der Waals surface area contributed by atoms with Crippen molar-refractivity contribution in [2.24, 2.45) is 0 Å². The minimum absolute atomic E-state index is 0.0426. The number of likely N-dealkylation sites (tertiary alicyclic amines) is 1. The highest BCUT2D eigenvalue weighted by Crippen LogP contribution is 2.24. The third kappa shape index (κ3) is 5.34. The quantitative estimate of drug-likeness (QED) is 0.654. The number of aromatic nitrogens is 2. The Morgan fingerprint density at radius 1 is 1.26 bits per heavy atom. The number of nitrogens with zero attached hydrogens (tertiary/aromatic N) is 3. The van der Waals surface area contributed by atoms with Gasteiger partial charge in [0, 0.05) is 37.3 Å². The molecule has 0 bridgehead atoms. The van der Waals surface area contributed by atoms with Crippen LogP contribution in [0.2, 0.25) is 0 Å². The van der Waals surface area contributed by atoms with Crippen LogP contribution in [-0.4, -0.2) is 66.7 Å². The number of carbonyl (C=O) groups excluding carboxylic acids is 1. The molecule has 168 valence electrons. The van der Waals surface area contributed by atoms with Crippen LogP contribution in [0.15, 0.2) is 27.6 Å².